The molecule has 3 aliphatic rings. The molecule has 0 radical (unpaired) electrons. The zero-order valence-electron chi connectivity index (χ0n) is 11.8. The highest BCUT2D eigenvalue weighted by atomic mass is 127. The van der Waals surface area contributed by atoms with Gasteiger partial charge in [0.2, 0.25) is 0 Å². The Morgan fingerprint density at radius 3 is 2.28 bits per heavy atom. The fraction of sp³-hybridized carbons (Fsp3) is 1.00. The Morgan fingerprint density at radius 1 is 1.06 bits per heavy atom. The Hall–Kier alpha value is 0.650. The van der Waals surface area contributed by atoms with Gasteiger partial charge in [0.25, 0.3) is 0 Å². The number of likely N-dealkylation sites (tertiary alicyclic amines) is 2. The first-order valence-corrected chi connectivity index (χ1v) is 9.00. The van der Waals surface area contributed by atoms with Crippen LogP contribution < -0.4 is 0 Å². The first kappa shape index (κ1) is 13.6. The van der Waals surface area contributed by atoms with E-state index in [4.69, 9.17) is 0 Å². The minimum absolute atomic E-state index is 0.753. The minimum atomic E-state index is 0.753. The Labute approximate surface area is 126 Å². The van der Waals surface area contributed by atoms with Crippen molar-refractivity contribution in [1.82, 2.24) is 9.80 Å². The van der Waals surface area contributed by atoms with E-state index >= 15 is 0 Å². The van der Waals surface area contributed by atoms with Crippen LogP contribution in [0.15, 0.2) is 0 Å². The molecule has 0 aromatic rings. The van der Waals surface area contributed by atoms with Crippen LogP contribution >= 0.6 is 22.6 Å². The van der Waals surface area contributed by atoms with Gasteiger partial charge >= 0.3 is 0 Å². The lowest BCUT2D eigenvalue weighted by Gasteiger charge is -2.35. The number of rotatable bonds is 2. The summed E-state index contributed by atoms with van der Waals surface area (Å²) in [6, 6.07) is 1.68. The van der Waals surface area contributed by atoms with Gasteiger partial charge in [-0.25, -0.2) is 0 Å². The normalized spacial score (nSPS) is 42.7. The quantitative estimate of drug-likeness (QED) is 0.551. The van der Waals surface area contributed by atoms with E-state index in [1.807, 2.05) is 0 Å². The minimum Gasteiger partial charge on any atom is -0.300 e. The van der Waals surface area contributed by atoms with E-state index < -0.39 is 0 Å². The predicted molar refractivity (Wildman–Crippen MR) is 85.3 cm³/mol. The number of halogens is 1. The monoisotopic (exact) mass is 362 g/mol. The molecule has 3 atom stereocenters. The summed E-state index contributed by atoms with van der Waals surface area (Å²) in [5.41, 5.74) is 0. The van der Waals surface area contributed by atoms with Gasteiger partial charge < -0.3 is 4.90 Å². The van der Waals surface area contributed by atoms with Crippen LogP contribution in [0.3, 0.4) is 0 Å². The first-order chi connectivity index (χ1) is 8.63. The summed E-state index contributed by atoms with van der Waals surface area (Å²) in [5.74, 6) is 2.01. The molecule has 0 N–H and O–H groups in total. The third-order valence-electron chi connectivity index (χ3n) is 5.40. The zero-order chi connectivity index (χ0) is 12.7. The summed E-state index contributed by atoms with van der Waals surface area (Å²) in [6.45, 7) is 10.2. The fourth-order valence-corrected chi connectivity index (χ4v) is 5.25. The van der Waals surface area contributed by atoms with Crippen LogP contribution in [-0.2, 0) is 0 Å². The SMILES string of the molecule is CC(C)N1CC2CC(N3CCCC(I)C3)CC2C1. The van der Waals surface area contributed by atoms with E-state index in [0.29, 0.717) is 0 Å². The number of alkyl halides is 1. The molecular weight excluding hydrogens is 335 g/mol. The molecule has 3 fully saturated rings. The molecule has 3 unspecified atom stereocenters. The topological polar surface area (TPSA) is 6.48 Å². The van der Waals surface area contributed by atoms with Crippen LogP contribution in [0.5, 0.6) is 0 Å². The van der Waals surface area contributed by atoms with Gasteiger partial charge in [0.05, 0.1) is 0 Å². The van der Waals surface area contributed by atoms with Gasteiger partial charge in [0.1, 0.15) is 0 Å². The molecule has 2 nitrogen and oxygen atoms in total. The van der Waals surface area contributed by atoms with Crippen LogP contribution in [0.1, 0.15) is 39.5 Å². The molecule has 1 aliphatic carbocycles. The van der Waals surface area contributed by atoms with Crippen molar-refractivity contribution < 1.29 is 0 Å². The summed E-state index contributed by atoms with van der Waals surface area (Å²) >= 11 is 2.65. The summed E-state index contributed by atoms with van der Waals surface area (Å²) in [4.78, 5) is 5.52. The van der Waals surface area contributed by atoms with Gasteiger partial charge in [-0.15, -0.1) is 0 Å². The lowest BCUT2D eigenvalue weighted by Crippen LogP contribution is -2.42. The first-order valence-electron chi connectivity index (χ1n) is 7.75. The molecule has 1 saturated carbocycles. The van der Waals surface area contributed by atoms with Crippen molar-refractivity contribution in [3.63, 3.8) is 0 Å². The van der Waals surface area contributed by atoms with E-state index in [1.54, 1.807) is 0 Å². The van der Waals surface area contributed by atoms with Crippen LogP contribution in [0.4, 0.5) is 0 Å². The Bertz CT molecular complexity index is 280. The van der Waals surface area contributed by atoms with E-state index in [9.17, 15) is 0 Å². The van der Waals surface area contributed by atoms with Gasteiger partial charge in [-0.05, 0) is 57.9 Å². The van der Waals surface area contributed by atoms with Crippen molar-refractivity contribution in [2.45, 2.75) is 55.5 Å². The molecule has 0 aromatic carbocycles. The van der Waals surface area contributed by atoms with Gasteiger partial charge in [-0.2, -0.15) is 0 Å². The predicted octanol–water partition coefficient (Wildman–Crippen LogP) is 3.00. The highest BCUT2D eigenvalue weighted by molar-refractivity contribution is 14.1. The molecule has 2 saturated heterocycles. The number of hydrogen-bond donors (Lipinski definition) is 0. The standard InChI is InChI=1S/C15H27IN2/c1-11(2)18-8-12-6-15(7-13(12)9-18)17-5-3-4-14(16)10-17/h11-15H,3-10H2,1-2H3. The van der Waals surface area contributed by atoms with Crippen LogP contribution in [0, 0.1) is 11.8 Å². The van der Waals surface area contributed by atoms with Gasteiger partial charge in [-0.1, -0.05) is 22.6 Å². The summed E-state index contributed by atoms with van der Waals surface area (Å²) < 4.78 is 0.906. The average molecular weight is 362 g/mol. The second kappa shape index (κ2) is 5.57. The zero-order valence-corrected chi connectivity index (χ0v) is 14.0. The molecule has 0 aromatic heterocycles. The number of nitrogens with zero attached hydrogens (tertiary/aromatic N) is 2. The molecule has 0 spiro atoms. The van der Waals surface area contributed by atoms with Gasteiger partial charge in [0.15, 0.2) is 0 Å². The highest BCUT2D eigenvalue weighted by Gasteiger charge is 2.43. The molecule has 0 amide bonds. The third-order valence-corrected chi connectivity index (χ3v) is 6.41. The van der Waals surface area contributed by atoms with Crippen molar-refractivity contribution in [1.29, 1.82) is 0 Å². The summed E-state index contributed by atoms with van der Waals surface area (Å²) in [6.07, 6.45) is 5.84. The smallest absolute Gasteiger partial charge is 0.0238 e. The second-order valence-electron chi connectivity index (χ2n) is 6.93. The lowest BCUT2D eigenvalue weighted by atomic mass is 10.0. The average Bonchev–Trinajstić information content (AvgIpc) is 2.86. The second-order valence-corrected chi connectivity index (χ2v) is 8.69. The number of hydrogen-bond acceptors (Lipinski definition) is 2. The lowest BCUT2D eigenvalue weighted by molar-refractivity contribution is 0.155. The largest absolute Gasteiger partial charge is 0.300 e. The Balaban J connectivity index is 1.55. The molecule has 2 heterocycles. The van der Waals surface area contributed by atoms with Crippen LogP contribution in [0.2, 0.25) is 0 Å². The van der Waals surface area contributed by atoms with Crippen LogP contribution in [-0.4, -0.2) is 52.0 Å². The summed E-state index contributed by atoms with van der Waals surface area (Å²) in [5, 5.41) is 0. The van der Waals surface area contributed by atoms with E-state index in [1.165, 1.54) is 51.9 Å². The van der Waals surface area contributed by atoms with E-state index in [0.717, 1.165) is 27.8 Å². The fourth-order valence-electron chi connectivity index (χ4n) is 4.31. The molecule has 104 valence electrons. The van der Waals surface area contributed by atoms with Crippen molar-refractivity contribution in [2.24, 2.45) is 11.8 Å². The maximum atomic E-state index is 2.82. The number of piperidine rings is 1. The number of fused-ring (bicyclic) bond motifs is 1. The molecule has 0 bridgehead atoms. The highest BCUT2D eigenvalue weighted by Crippen LogP contribution is 2.41. The Kier molecular flexibility index (Phi) is 4.21. The van der Waals surface area contributed by atoms with Crippen molar-refractivity contribution >= 4 is 22.6 Å². The maximum Gasteiger partial charge on any atom is 0.0238 e. The molecule has 3 rings (SSSR count). The molecule has 2 aliphatic heterocycles. The van der Waals surface area contributed by atoms with E-state index in [-0.39, 0.29) is 0 Å². The van der Waals surface area contributed by atoms with E-state index in [2.05, 4.69) is 46.2 Å². The molecule has 3 heteroatoms. The third kappa shape index (κ3) is 2.73. The van der Waals surface area contributed by atoms with Crippen molar-refractivity contribution in [2.75, 3.05) is 26.2 Å². The van der Waals surface area contributed by atoms with Gasteiger partial charge in [-0.3, -0.25) is 4.90 Å². The van der Waals surface area contributed by atoms with Gasteiger partial charge in [0, 0.05) is 35.6 Å². The summed E-state index contributed by atoms with van der Waals surface area (Å²) in [7, 11) is 0. The van der Waals surface area contributed by atoms with Crippen LogP contribution in [0.25, 0.3) is 0 Å². The maximum absolute atomic E-state index is 2.82. The van der Waals surface area contributed by atoms with Crippen molar-refractivity contribution in [3.05, 3.63) is 0 Å². The molecular formula is C15H27IN2. The molecule has 18 heavy (non-hydrogen) atoms. The Morgan fingerprint density at radius 2 is 1.72 bits per heavy atom. The van der Waals surface area contributed by atoms with Crippen molar-refractivity contribution in [3.8, 4) is 0 Å².